The highest BCUT2D eigenvalue weighted by Gasteiger charge is 2.28. The van der Waals surface area contributed by atoms with Crippen molar-refractivity contribution in [3.63, 3.8) is 0 Å². The summed E-state index contributed by atoms with van der Waals surface area (Å²) in [5.41, 5.74) is 1.75. The van der Waals surface area contributed by atoms with Gasteiger partial charge in [0.1, 0.15) is 0 Å². The minimum atomic E-state index is 0.359. The molecule has 2 atom stereocenters. The zero-order chi connectivity index (χ0) is 9.99. The Morgan fingerprint density at radius 1 is 1.25 bits per heavy atom. The molecule has 0 nitrogen and oxygen atoms in total. The lowest BCUT2D eigenvalue weighted by atomic mass is 9.82. The Hall–Kier alpha value is 0.170. The van der Waals surface area contributed by atoms with E-state index in [0.717, 1.165) is 8.58 Å². The van der Waals surface area contributed by atoms with Crippen LogP contribution in [0.25, 0.3) is 0 Å². The van der Waals surface area contributed by atoms with E-state index in [1.54, 1.807) is 0 Å². The molecular weight excluding hydrogens is 163 g/mol. The zero-order valence-electron chi connectivity index (χ0n) is 9.41. The number of rotatable bonds is 3. The summed E-state index contributed by atoms with van der Waals surface area (Å²) in [4.78, 5) is 0. The molecule has 0 aromatic rings. The Kier molecular flexibility index (Phi) is 3.97. The standard InChI is InChI=1S/C11H23P/c1-9(2)11(6,12-7)8-10(3,4)5/h12H,1,8H2,2-7H3. The van der Waals surface area contributed by atoms with Gasteiger partial charge in [0.05, 0.1) is 0 Å². The summed E-state index contributed by atoms with van der Waals surface area (Å²) in [5.74, 6) is 0. The third-order valence-electron chi connectivity index (χ3n) is 2.38. The quantitative estimate of drug-likeness (QED) is 0.460. The van der Waals surface area contributed by atoms with E-state index in [-0.39, 0.29) is 0 Å². The normalized spacial score (nSPS) is 18.2. The van der Waals surface area contributed by atoms with Gasteiger partial charge in [-0.05, 0) is 25.4 Å². The Balaban J connectivity index is 4.46. The molecule has 0 fully saturated rings. The van der Waals surface area contributed by atoms with E-state index in [1.807, 2.05) is 0 Å². The van der Waals surface area contributed by atoms with Crippen molar-refractivity contribution in [1.82, 2.24) is 0 Å². The average molecular weight is 186 g/mol. The minimum Gasteiger partial charge on any atom is -0.115 e. The largest absolute Gasteiger partial charge is 0.115 e. The number of hydrogen-bond acceptors (Lipinski definition) is 0. The van der Waals surface area contributed by atoms with Crippen LogP contribution in [0.15, 0.2) is 12.2 Å². The monoisotopic (exact) mass is 186 g/mol. The molecular formula is C11H23P. The molecule has 0 saturated heterocycles. The van der Waals surface area contributed by atoms with Crippen molar-refractivity contribution in [1.29, 1.82) is 0 Å². The lowest BCUT2D eigenvalue weighted by molar-refractivity contribution is 0.345. The van der Waals surface area contributed by atoms with Gasteiger partial charge in [-0.15, -0.1) is 8.58 Å². The summed E-state index contributed by atoms with van der Waals surface area (Å²) < 4.78 is 0. The lowest BCUT2D eigenvalue weighted by Crippen LogP contribution is -2.26. The number of hydrogen-bond donors (Lipinski definition) is 0. The average Bonchev–Trinajstić information content (AvgIpc) is 1.83. The highest BCUT2D eigenvalue weighted by molar-refractivity contribution is 7.39. The Bertz CT molecular complexity index is 164. The molecule has 0 bridgehead atoms. The third kappa shape index (κ3) is 3.72. The van der Waals surface area contributed by atoms with E-state index in [9.17, 15) is 0 Å². The molecule has 0 aliphatic carbocycles. The van der Waals surface area contributed by atoms with E-state index in [4.69, 9.17) is 0 Å². The van der Waals surface area contributed by atoms with Gasteiger partial charge >= 0.3 is 0 Å². The molecule has 72 valence electrons. The smallest absolute Gasteiger partial charge is 0.00540 e. The molecule has 0 aromatic carbocycles. The maximum absolute atomic E-state index is 4.09. The molecule has 0 amide bonds. The van der Waals surface area contributed by atoms with Crippen molar-refractivity contribution < 1.29 is 0 Å². The number of allylic oxidation sites excluding steroid dienone is 1. The van der Waals surface area contributed by atoms with Gasteiger partial charge in [0.25, 0.3) is 0 Å². The summed E-state index contributed by atoms with van der Waals surface area (Å²) in [6.45, 7) is 17.8. The van der Waals surface area contributed by atoms with Crippen LogP contribution in [0.2, 0.25) is 0 Å². The second kappa shape index (κ2) is 3.92. The van der Waals surface area contributed by atoms with Gasteiger partial charge in [0.15, 0.2) is 0 Å². The molecule has 0 aliphatic rings. The maximum Gasteiger partial charge on any atom is 0.00540 e. The van der Waals surface area contributed by atoms with Crippen LogP contribution >= 0.6 is 8.58 Å². The van der Waals surface area contributed by atoms with Crippen molar-refractivity contribution in [3.05, 3.63) is 12.2 Å². The van der Waals surface area contributed by atoms with Crippen molar-refractivity contribution in [2.45, 2.75) is 46.2 Å². The molecule has 12 heavy (non-hydrogen) atoms. The molecule has 0 aliphatic heterocycles. The SMILES string of the molecule is C=C(C)C(C)(CC(C)(C)C)PC. The topological polar surface area (TPSA) is 0 Å². The second-order valence-electron chi connectivity index (χ2n) is 5.10. The molecule has 0 heterocycles. The second-order valence-corrected chi connectivity index (χ2v) is 6.70. The molecule has 0 saturated carbocycles. The predicted octanol–water partition coefficient (Wildman–Crippen LogP) is 4.07. The van der Waals surface area contributed by atoms with Crippen LogP contribution in [-0.4, -0.2) is 11.8 Å². The first-order valence-electron chi connectivity index (χ1n) is 4.56. The van der Waals surface area contributed by atoms with Gasteiger partial charge in [-0.25, -0.2) is 0 Å². The fourth-order valence-electron chi connectivity index (χ4n) is 1.51. The Morgan fingerprint density at radius 2 is 1.67 bits per heavy atom. The van der Waals surface area contributed by atoms with Gasteiger partial charge < -0.3 is 0 Å². The zero-order valence-corrected chi connectivity index (χ0v) is 10.4. The summed E-state index contributed by atoms with van der Waals surface area (Å²) in [5, 5.41) is 0.359. The summed E-state index contributed by atoms with van der Waals surface area (Å²) >= 11 is 0. The van der Waals surface area contributed by atoms with E-state index in [1.165, 1.54) is 12.0 Å². The van der Waals surface area contributed by atoms with E-state index in [0.29, 0.717) is 10.6 Å². The van der Waals surface area contributed by atoms with Crippen LogP contribution in [0.4, 0.5) is 0 Å². The molecule has 1 heteroatoms. The fourth-order valence-corrected chi connectivity index (χ4v) is 2.65. The Labute approximate surface area is 79.6 Å². The first-order chi connectivity index (χ1) is 5.21. The van der Waals surface area contributed by atoms with E-state index in [2.05, 4.69) is 47.9 Å². The van der Waals surface area contributed by atoms with Gasteiger partial charge in [0, 0.05) is 5.16 Å². The Morgan fingerprint density at radius 3 is 1.75 bits per heavy atom. The van der Waals surface area contributed by atoms with Crippen LogP contribution in [-0.2, 0) is 0 Å². The first kappa shape index (κ1) is 12.2. The van der Waals surface area contributed by atoms with Crippen LogP contribution < -0.4 is 0 Å². The highest BCUT2D eigenvalue weighted by Crippen LogP contribution is 2.43. The maximum atomic E-state index is 4.09. The van der Waals surface area contributed by atoms with Crippen LogP contribution in [0.5, 0.6) is 0 Å². The molecule has 0 radical (unpaired) electrons. The van der Waals surface area contributed by atoms with Crippen LogP contribution in [0.1, 0.15) is 41.0 Å². The van der Waals surface area contributed by atoms with E-state index >= 15 is 0 Å². The lowest BCUT2D eigenvalue weighted by Gasteiger charge is -2.35. The van der Waals surface area contributed by atoms with Crippen LogP contribution in [0.3, 0.4) is 0 Å². The summed E-state index contributed by atoms with van der Waals surface area (Å²) in [6, 6.07) is 0. The molecule has 0 rings (SSSR count). The van der Waals surface area contributed by atoms with Gasteiger partial charge in [-0.3, -0.25) is 0 Å². The van der Waals surface area contributed by atoms with Gasteiger partial charge in [0.2, 0.25) is 0 Å². The molecule has 0 aromatic heterocycles. The van der Waals surface area contributed by atoms with Crippen molar-refractivity contribution in [2.24, 2.45) is 5.41 Å². The molecule has 0 N–H and O–H groups in total. The highest BCUT2D eigenvalue weighted by atomic mass is 31.1. The van der Waals surface area contributed by atoms with Crippen molar-refractivity contribution in [2.75, 3.05) is 6.66 Å². The molecule has 0 spiro atoms. The van der Waals surface area contributed by atoms with E-state index < -0.39 is 0 Å². The van der Waals surface area contributed by atoms with Gasteiger partial charge in [-0.2, -0.15) is 0 Å². The van der Waals surface area contributed by atoms with Crippen molar-refractivity contribution in [3.8, 4) is 0 Å². The summed E-state index contributed by atoms with van der Waals surface area (Å²) in [7, 11) is 0.956. The van der Waals surface area contributed by atoms with Crippen molar-refractivity contribution >= 4 is 8.58 Å². The van der Waals surface area contributed by atoms with Gasteiger partial charge in [-0.1, -0.05) is 39.8 Å². The first-order valence-corrected chi connectivity index (χ1v) is 6.06. The fraction of sp³-hybridized carbons (Fsp3) is 0.818. The van der Waals surface area contributed by atoms with Crippen LogP contribution in [0, 0.1) is 5.41 Å². The predicted molar refractivity (Wildman–Crippen MR) is 61.5 cm³/mol. The third-order valence-corrected chi connectivity index (χ3v) is 4.08. The molecule has 2 unspecified atom stereocenters. The summed E-state index contributed by atoms with van der Waals surface area (Å²) in [6.07, 6.45) is 1.24. The minimum absolute atomic E-state index is 0.359.